The average Bonchev–Trinajstić information content (AvgIpc) is 2.61. The molecule has 3 aromatic rings. The second-order valence-corrected chi connectivity index (χ2v) is 6.94. The molecule has 3 rings (SSSR count). The van der Waals surface area contributed by atoms with Crippen LogP contribution in [0.25, 0.3) is 22.3 Å². The van der Waals surface area contributed by atoms with Crippen molar-refractivity contribution in [3.63, 3.8) is 0 Å². The molecule has 0 atom stereocenters. The molecule has 0 saturated carbocycles. The Kier molecular flexibility index (Phi) is 4.90. The van der Waals surface area contributed by atoms with E-state index in [-0.39, 0.29) is 0 Å². The van der Waals surface area contributed by atoms with Crippen LogP contribution in [-0.2, 0) is 6.18 Å². The minimum atomic E-state index is -4.31. The van der Waals surface area contributed by atoms with Crippen molar-refractivity contribution < 1.29 is 13.2 Å². The lowest BCUT2D eigenvalue weighted by molar-refractivity contribution is -0.137. The van der Waals surface area contributed by atoms with Crippen LogP contribution in [0.15, 0.2) is 66.7 Å². The van der Waals surface area contributed by atoms with Crippen LogP contribution < -0.4 is 0 Å². The second-order valence-electron chi connectivity index (χ2n) is 6.94. The fraction of sp³-hybridized carbons (Fsp3) is 0.217. The van der Waals surface area contributed by atoms with E-state index in [0.717, 1.165) is 39.9 Å². The molecule has 0 aliphatic rings. The first-order chi connectivity index (χ1) is 12.2. The minimum absolute atomic E-state index is 0.327. The van der Waals surface area contributed by atoms with E-state index in [1.807, 2.05) is 13.0 Å². The molecule has 134 valence electrons. The highest BCUT2D eigenvalue weighted by Crippen LogP contribution is 2.34. The summed E-state index contributed by atoms with van der Waals surface area (Å²) in [5, 5.41) is 0. The summed E-state index contributed by atoms with van der Waals surface area (Å²) in [7, 11) is 0. The van der Waals surface area contributed by atoms with Gasteiger partial charge in [0, 0.05) is 0 Å². The summed E-state index contributed by atoms with van der Waals surface area (Å²) in [6.45, 7) is 6.28. The van der Waals surface area contributed by atoms with Crippen molar-refractivity contribution in [1.82, 2.24) is 0 Å². The molecule has 0 bridgehead atoms. The number of aryl methyl sites for hydroxylation is 1. The van der Waals surface area contributed by atoms with Crippen LogP contribution >= 0.6 is 0 Å². The van der Waals surface area contributed by atoms with Crippen LogP contribution in [0.2, 0.25) is 0 Å². The van der Waals surface area contributed by atoms with Gasteiger partial charge in [-0.15, -0.1) is 0 Å². The number of alkyl halides is 3. The third-order valence-corrected chi connectivity index (χ3v) is 4.55. The zero-order valence-corrected chi connectivity index (χ0v) is 15.1. The Morgan fingerprint density at radius 1 is 0.654 bits per heavy atom. The predicted octanol–water partition coefficient (Wildman–Crippen LogP) is 7.47. The van der Waals surface area contributed by atoms with Crippen molar-refractivity contribution >= 4 is 0 Å². The minimum Gasteiger partial charge on any atom is -0.166 e. The number of halogens is 3. The maximum Gasteiger partial charge on any atom is 0.416 e. The predicted molar refractivity (Wildman–Crippen MR) is 101 cm³/mol. The molecule has 0 aliphatic carbocycles. The van der Waals surface area contributed by atoms with E-state index in [2.05, 4.69) is 50.2 Å². The van der Waals surface area contributed by atoms with Gasteiger partial charge in [0.25, 0.3) is 0 Å². The molecule has 0 fully saturated rings. The first-order valence-corrected chi connectivity index (χ1v) is 8.64. The fourth-order valence-electron chi connectivity index (χ4n) is 2.92. The molecule has 0 amide bonds. The summed E-state index contributed by atoms with van der Waals surface area (Å²) in [6.07, 6.45) is -4.31. The van der Waals surface area contributed by atoms with Gasteiger partial charge in [0.15, 0.2) is 0 Å². The molecule has 0 aliphatic heterocycles. The van der Waals surface area contributed by atoms with Crippen LogP contribution in [0.1, 0.15) is 36.5 Å². The Bertz CT molecular complexity index is 886. The summed E-state index contributed by atoms with van der Waals surface area (Å²) >= 11 is 0. The molecular weight excluding hydrogens is 333 g/mol. The zero-order valence-electron chi connectivity index (χ0n) is 15.1. The fourth-order valence-corrected chi connectivity index (χ4v) is 2.92. The van der Waals surface area contributed by atoms with E-state index in [1.54, 1.807) is 12.1 Å². The molecule has 0 unspecified atom stereocenters. The third-order valence-electron chi connectivity index (χ3n) is 4.55. The van der Waals surface area contributed by atoms with Crippen LogP contribution in [0.3, 0.4) is 0 Å². The van der Waals surface area contributed by atoms with Gasteiger partial charge < -0.3 is 0 Å². The van der Waals surface area contributed by atoms with E-state index in [1.165, 1.54) is 5.56 Å². The van der Waals surface area contributed by atoms with E-state index in [0.29, 0.717) is 5.92 Å². The lowest BCUT2D eigenvalue weighted by Gasteiger charge is -2.14. The number of rotatable bonds is 3. The topological polar surface area (TPSA) is 0 Å². The summed E-state index contributed by atoms with van der Waals surface area (Å²) in [5.74, 6) is 0.327. The van der Waals surface area contributed by atoms with Crippen molar-refractivity contribution in [3.05, 3.63) is 83.4 Å². The second kappa shape index (κ2) is 6.99. The van der Waals surface area contributed by atoms with Gasteiger partial charge >= 0.3 is 6.18 Å². The Balaban J connectivity index is 2.08. The molecule has 0 heterocycles. The van der Waals surface area contributed by atoms with Crippen molar-refractivity contribution in [2.24, 2.45) is 0 Å². The van der Waals surface area contributed by atoms with Gasteiger partial charge in [0.05, 0.1) is 5.56 Å². The lowest BCUT2D eigenvalue weighted by atomic mass is 9.91. The SMILES string of the molecule is Cc1ccc(-c2cc(-c3ccc(C(F)(F)F)cc3)cc(C(C)C)c2)cc1. The summed E-state index contributed by atoms with van der Waals surface area (Å²) in [4.78, 5) is 0. The van der Waals surface area contributed by atoms with Gasteiger partial charge in [0.1, 0.15) is 0 Å². The van der Waals surface area contributed by atoms with Gasteiger partial charge in [-0.25, -0.2) is 0 Å². The highest BCUT2D eigenvalue weighted by Gasteiger charge is 2.30. The zero-order chi connectivity index (χ0) is 18.9. The highest BCUT2D eigenvalue weighted by molar-refractivity contribution is 5.74. The van der Waals surface area contributed by atoms with Crippen LogP contribution in [-0.4, -0.2) is 0 Å². The van der Waals surface area contributed by atoms with Crippen LogP contribution in [0.5, 0.6) is 0 Å². The van der Waals surface area contributed by atoms with Gasteiger partial charge in [-0.2, -0.15) is 13.2 Å². The molecule has 0 spiro atoms. The van der Waals surface area contributed by atoms with Gasteiger partial charge in [-0.1, -0.05) is 67.9 Å². The molecule has 26 heavy (non-hydrogen) atoms. The summed E-state index contributed by atoms with van der Waals surface area (Å²) in [5.41, 5.74) is 5.63. The quantitative estimate of drug-likeness (QED) is 0.457. The first-order valence-electron chi connectivity index (χ1n) is 8.64. The standard InChI is InChI=1S/C23H21F3/c1-15(2)19-12-20(17-6-4-16(3)5-7-17)14-21(13-19)18-8-10-22(11-9-18)23(24,25)26/h4-15H,1-3H3. The van der Waals surface area contributed by atoms with Gasteiger partial charge in [-0.05, 0) is 58.9 Å². The average molecular weight is 354 g/mol. The number of hydrogen-bond acceptors (Lipinski definition) is 0. The summed E-state index contributed by atoms with van der Waals surface area (Å²) < 4.78 is 38.4. The van der Waals surface area contributed by atoms with Crippen LogP contribution in [0.4, 0.5) is 13.2 Å². The van der Waals surface area contributed by atoms with E-state index < -0.39 is 11.7 Å². The van der Waals surface area contributed by atoms with Crippen LogP contribution in [0, 0.1) is 6.92 Å². The highest BCUT2D eigenvalue weighted by atomic mass is 19.4. The number of benzene rings is 3. The molecular formula is C23H21F3. The molecule has 0 N–H and O–H groups in total. The Hall–Kier alpha value is -2.55. The molecule has 0 radical (unpaired) electrons. The Morgan fingerprint density at radius 2 is 1.12 bits per heavy atom. The van der Waals surface area contributed by atoms with Crippen molar-refractivity contribution in [1.29, 1.82) is 0 Å². The monoisotopic (exact) mass is 354 g/mol. The summed E-state index contributed by atoms with van der Waals surface area (Å²) in [6, 6.07) is 19.9. The largest absolute Gasteiger partial charge is 0.416 e. The van der Waals surface area contributed by atoms with Crippen molar-refractivity contribution in [2.45, 2.75) is 32.9 Å². The van der Waals surface area contributed by atoms with Gasteiger partial charge in [-0.3, -0.25) is 0 Å². The number of hydrogen-bond donors (Lipinski definition) is 0. The molecule has 3 aromatic carbocycles. The van der Waals surface area contributed by atoms with E-state index in [4.69, 9.17) is 0 Å². The first kappa shape index (κ1) is 18.2. The maximum atomic E-state index is 12.8. The van der Waals surface area contributed by atoms with E-state index >= 15 is 0 Å². The molecule has 0 nitrogen and oxygen atoms in total. The molecule has 0 aromatic heterocycles. The van der Waals surface area contributed by atoms with Crippen molar-refractivity contribution in [3.8, 4) is 22.3 Å². The van der Waals surface area contributed by atoms with Gasteiger partial charge in [0.2, 0.25) is 0 Å². The van der Waals surface area contributed by atoms with Crippen molar-refractivity contribution in [2.75, 3.05) is 0 Å². The maximum absolute atomic E-state index is 12.8. The Morgan fingerprint density at radius 3 is 1.54 bits per heavy atom. The smallest absolute Gasteiger partial charge is 0.166 e. The third kappa shape index (κ3) is 3.98. The molecule has 3 heteroatoms. The Labute approximate surface area is 152 Å². The normalized spacial score (nSPS) is 11.8. The lowest BCUT2D eigenvalue weighted by Crippen LogP contribution is -2.04. The van der Waals surface area contributed by atoms with E-state index in [9.17, 15) is 13.2 Å². The molecule has 0 saturated heterocycles.